The number of methoxy groups -OCH3 is 1. The number of benzene rings is 1. The number of nitrogens with zero attached hydrogens (tertiary/aromatic N) is 2. The molecule has 0 aliphatic carbocycles. The van der Waals surface area contributed by atoms with Gasteiger partial charge in [-0.2, -0.15) is 0 Å². The van der Waals surface area contributed by atoms with Gasteiger partial charge in [-0.05, 0) is 19.1 Å². The summed E-state index contributed by atoms with van der Waals surface area (Å²) in [5, 5.41) is 0. The number of fused-ring (bicyclic) bond motifs is 1. The van der Waals surface area contributed by atoms with Gasteiger partial charge in [0.1, 0.15) is 5.82 Å². The molecule has 4 nitrogen and oxygen atoms in total. The van der Waals surface area contributed by atoms with Crippen LogP contribution in [0.5, 0.6) is 0 Å². The molecule has 0 fully saturated rings. The Labute approximate surface area is 101 Å². The molecule has 0 spiro atoms. The second-order valence-corrected chi connectivity index (χ2v) is 4.18. The highest BCUT2D eigenvalue weighted by Gasteiger charge is 2.12. The van der Waals surface area contributed by atoms with Gasteiger partial charge in [-0.25, -0.2) is 4.98 Å². The van der Waals surface area contributed by atoms with Gasteiger partial charge < -0.3 is 15.0 Å². The van der Waals surface area contributed by atoms with Crippen LogP contribution in [0, 0.1) is 0 Å². The zero-order valence-corrected chi connectivity index (χ0v) is 10.4. The summed E-state index contributed by atoms with van der Waals surface area (Å²) in [6, 6.07) is 8.18. The SMILES string of the molecule is CCn1c(CC(N)COC)nc2ccccc21. The first-order valence-electron chi connectivity index (χ1n) is 5.95. The van der Waals surface area contributed by atoms with Crippen LogP contribution in [0.2, 0.25) is 0 Å². The Morgan fingerprint density at radius 3 is 2.88 bits per heavy atom. The van der Waals surface area contributed by atoms with Crippen LogP contribution in [-0.2, 0) is 17.7 Å². The van der Waals surface area contributed by atoms with E-state index in [1.165, 1.54) is 5.52 Å². The molecule has 1 heterocycles. The normalized spacial score (nSPS) is 13.1. The van der Waals surface area contributed by atoms with E-state index in [-0.39, 0.29) is 6.04 Å². The highest BCUT2D eigenvalue weighted by molar-refractivity contribution is 5.75. The fourth-order valence-corrected chi connectivity index (χ4v) is 2.14. The Morgan fingerprint density at radius 1 is 1.41 bits per heavy atom. The maximum atomic E-state index is 5.98. The van der Waals surface area contributed by atoms with Crippen LogP contribution in [-0.4, -0.2) is 29.3 Å². The Bertz CT molecular complexity index is 492. The lowest BCUT2D eigenvalue weighted by atomic mass is 10.2. The molecule has 1 aromatic carbocycles. The lowest BCUT2D eigenvalue weighted by Crippen LogP contribution is -2.29. The van der Waals surface area contributed by atoms with Crippen LogP contribution in [0.25, 0.3) is 11.0 Å². The fraction of sp³-hybridized carbons (Fsp3) is 0.462. The van der Waals surface area contributed by atoms with Crippen LogP contribution < -0.4 is 5.73 Å². The molecule has 1 atom stereocenters. The van der Waals surface area contributed by atoms with Crippen molar-refractivity contribution in [2.24, 2.45) is 5.73 Å². The van der Waals surface area contributed by atoms with Crippen molar-refractivity contribution in [3.63, 3.8) is 0 Å². The summed E-state index contributed by atoms with van der Waals surface area (Å²) in [5.41, 5.74) is 8.19. The molecule has 1 aromatic heterocycles. The standard InChI is InChI=1S/C13H19N3O/c1-3-16-12-7-5-4-6-11(12)15-13(16)8-10(14)9-17-2/h4-7,10H,3,8-9,14H2,1-2H3. The molecule has 17 heavy (non-hydrogen) atoms. The highest BCUT2D eigenvalue weighted by atomic mass is 16.5. The van der Waals surface area contributed by atoms with Crippen LogP contribution in [0.15, 0.2) is 24.3 Å². The maximum absolute atomic E-state index is 5.98. The molecular weight excluding hydrogens is 214 g/mol. The van der Waals surface area contributed by atoms with Crippen LogP contribution >= 0.6 is 0 Å². The Kier molecular flexibility index (Phi) is 3.76. The molecule has 0 radical (unpaired) electrons. The molecule has 2 N–H and O–H groups in total. The first-order valence-corrected chi connectivity index (χ1v) is 5.95. The third-order valence-electron chi connectivity index (χ3n) is 2.88. The number of hydrogen-bond acceptors (Lipinski definition) is 3. The van der Waals surface area contributed by atoms with Gasteiger partial charge >= 0.3 is 0 Å². The van der Waals surface area contributed by atoms with Gasteiger partial charge in [0, 0.05) is 26.1 Å². The number of imidazole rings is 1. The smallest absolute Gasteiger partial charge is 0.111 e. The van der Waals surface area contributed by atoms with E-state index in [9.17, 15) is 0 Å². The van der Waals surface area contributed by atoms with Gasteiger partial charge in [-0.1, -0.05) is 12.1 Å². The molecule has 1 unspecified atom stereocenters. The van der Waals surface area contributed by atoms with Crippen molar-refractivity contribution in [1.29, 1.82) is 0 Å². The summed E-state index contributed by atoms with van der Waals surface area (Å²) >= 11 is 0. The summed E-state index contributed by atoms with van der Waals surface area (Å²) in [6.45, 7) is 3.60. The highest BCUT2D eigenvalue weighted by Crippen LogP contribution is 2.16. The van der Waals surface area contributed by atoms with Crippen molar-refractivity contribution in [3.8, 4) is 0 Å². The molecule has 0 bridgehead atoms. The Hall–Kier alpha value is -1.39. The third kappa shape index (κ3) is 2.48. The first-order chi connectivity index (χ1) is 8.26. The quantitative estimate of drug-likeness (QED) is 0.853. The average Bonchev–Trinajstić information content (AvgIpc) is 2.66. The molecule has 2 rings (SSSR count). The lowest BCUT2D eigenvalue weighted by Gasteiger charge is -2.11. The molecular formula is C13H19N3O. The minimum absolute atomic E-state index is 0.00196. The summed E-state index contributed by atoms with van der Waals surface area (Å²) in [7, 11) is 1.67. The molecule has 92 valence electrons. The molecule has 4 heteroatoms. The van der Waals surface area contributed by atoms with Crippen LogP contribution in [0.4, 0.5) is 0 Å². The number of rotatable bonds is 5. The molecule has 0 saturated heterocycles. The number of hydrogen-bond donors (Lipinski definition) is 1. The largest absolute Gasteiger partial charge is 0.383 e. The van der Waals surface area contributed by atoms with E-state index in [0.29, 0.717) is 6.61 Å². The summed E-state index contributed by atoms with van der Waals surface area (Å²) in [5.74, 6) is 1.04. The van der Waals surface area contributed by atoms with Crippen molar-refractivity contribution < 1.29 is 4.74 Å². The van der Waals surface area contributed by atoms with Gasteiger partial charge in [-0.15, -0.1) is 0 Å². The Balaban J connectivity index is 2.33. The van der Waals surface area contributed by atoms with E-state index in [1.54, 1.807) is 7.11 Å². The number of aryl methyl sites for hydroxylation is 1. The minimum Gasteiger partial charge on any atom is -0.383 e. The first kappa shape index (κ1) is 12.1. The third-order valence-corrected chi connectivity index (χ3v) is 2.88. The van der Waals surface area contributed by atoms with Crippen molar-refractivity contribution >= 4 is 11.0 Å². The number of para-hydroxylation sites is 2. The van der Waals surface area contributed by atoms with Crippen molar-refractivity contribution in [2.75, 3.05) is 13.7 Å². The number of ether oxygens (including phenoxy) is 1. The van der Waals surface area contributed by atoms with E-state index >= 15 is 0 Å². The zero-order chi connectivity index (χ0) is 12.3. The molecule has 0 saturated carbocycles. The van der Waals surface area contributed by atoms with Gasteiger partial charge in [0.05, 0.1) is 17.6 Å². The maximum Gasteiger partial charge on any atom is 0.111 e. The van der Waals surface area contributed by atoms with Crippen molar-refractivity contribution in [1.82, 2.24) is 9.55 Å². The van der Waals surface area contributed by atoms with E-state index in [1.807, 2.05) is 18.2 Å². The second kappa shape index (κ2) is 5.29. The summed E-state index contributed by atoms with van der Waals surface area (Å²) in [4.78, 5) is 4.63. The van der Waals surface area contributed by atoms with Crippen LogP contribution in [0.3, 0.4) is 0 Å². The topological polar surface area (TPSA) is 53.1 Å². The van der Waals surface area contributed by atoms with E-state index in [0.717, 1.165) is 24.3 Å². The predicted molar refractivity (Wildman–Crippen MR) is 69.0 cm³/mol. The van der Waals surface area contributed by atoms with E-state index in [2.05, 4.69) is 22.5 Å². The molecule has 2 aromatic rings. The minimum atomic E-state index is 0.00196. The number of nitrogens with two attached hydrogens (primary N) is 1. The molecule has 0 aliphatic heterocycles. The summed E-state index contributed by atoms with van der Waals surface area (Å²) < 4.78 is 7.27. The van der Waals surface area contributed by atoms with E-state index in [4.69, 9.17) is 10.5 Å². The summed E-state index contributed by atoms with van der Waals surface area (Å²) in [6.07, 6.45) is 0.746. The Morgan fingerprint density at radius 2 is 2.18 bits per heavy atom. The van der Waals surface area contributed by atoms with Crippen molar-refractivity contribution in [3.05, 3.63) is 30.1 Å². The predicted octanol–water partition coefficient (Wildman–Crippen LogP) is 1.57. The van der Waals surface area contributed by atoms with Gasteiger partial charge in [0.2, 0.25) is 0 Å². The van der Waals surface area contributed by atoms with Gasteiger partial charge in [-0.3, -0.25) is 0 Å². The van der Waals surface area contributed by atoms with Gasteiger partial charge in [0.25, 0.3) is 0 Å². The number of aromatic nitrogens is 2. The van der Waals surface area contributed by atoms with Gasteiger partial charge in [0.15, 0.2) is 0 Å². The van der Waals surface area contributed by atoms with Crippen molar-refractivity contribution in [2.45, 2.75) is 25.9 Å². The fourth-order valence-electron chi connectivity index (χ4n) is 2.14. The lowest BCUT2D eigenvalue weighted by molar-refractivity contribution is 0.179. The van der Waals surface area contributed by atoms with E-state index < -0.39 is 0 Å². The zero-order valence-electron chi connectivity index (χ0n) is 10.4. The molecule has 0 amide bonds. The monoisotopic (exact) mass is 233 g/mol. The molecule has 0 aliphatic rings. The average molecular weight is 233 g/mol. The van der Waals surface area contributed by atoms with Crippen LogP contribution in [0.1, 0.15) is 12.7 Å². The second-order valence-electron chi connectivity index (χ2n) is 4.18.